The Morgan fingerprint density at radius 1 is 0.245 bits per heavy atom. The van der Waals surface area contributed by atoms with Crippen LogP contribution in [0.4, 0.5) is 0 Å². The molecule has 3 heteroatoms. The quantitative estimate of drug-likeness (QED) is 0.122. The second kappa shape index (κ2) is 24.7. The van der Waals surface area contributed by atoms with E-state index in [9.17, 15) is 0 Å². The zero-order valence-electron chi connectivity index (χ0n) is 60.3. The molecule has 1 heterocycles. The average Bonchev–Trinajstić information content (AvgIpc) is 0.895. The Morgan fingerprint density at radius 3 is 0.931 bits per heavy atom. The molecular formula is C99H83BO2. The fourth-order valence-corrected chi connectivity index (χ4v) is 15.5. The average molecular weight is 1320 g/mol. The van der Waals surface area contributed by atoms with Gasteiger partial charge in [0.15, 0.2) is 0 Å². The molecule has 2 nitrogen and oxygen atoms in total. The molecule has 19 rings (SSSR count). The Bertz CT molecular complexity index is 6220. The fraction of sp³-hybridized carbons (Fsp3) is 0.152. The summed E-state index contributed by atoms with van der Waals surface area (Å²) in [6.45, 7) is 24.2. The van der Waals surface area contributed by atoms with Crippen LogP contribution in [0, 0.1) is 6.92 Å². The Kier molecular flexibility index (Phi) is 15.6. The van der Waals surface area contributed by atoms with Crippen molar-refractivity contribution in [3.63, 3.8) is 0 Å². The van der Waals surface area contributed by atoms with E-state index in [-0.39, 0.29) is 29.2 Å². The van der Waals surface area contributed by atoms with Gasteiger partial charge in [-0.3, -0.25) is 0 Å². The highest BCUT2D eigenvalue weighted by molar-refractivity contribution is 6.62. The molecule has 102 heavy (non-hydrogen) atoms. The van der Waals surface area contributed by atoms with Crippen molar-refractivity contribution in [3.8, 4) is 55.6 Å². The zero-order chi connectivity index (χ0) is 70.0. The van der Waals surface area contributed by atoms with Gasteiger partial charge in [0, 0.05) is 0 Å². The molecule has 18 aromatic carbocycles. The van der Waals surface area contributed by atoms with Crippen molar-refractivity contribution in [1.29, 1.82) is 0 Å². The normalized spacial score (nSPS) is 13.9. The monoisotopic (exact) mass is 1310 g/mol. The van der Waals surface area contributed by atoms with Gasteiger partial charge in [0.2, 0.25) is 0 Å². The predicted molar refractivity (Wildman–Crippen MR) is 442 cm³/mol. The number of fused-ring (bicyclic) bond motifs is 4. The van der Waals surface area contributed by atoms with Gasteiger partial charge in [-0.15, -0.1) is 0 Å². The summed E-state index contributed by atoms with van der Waals surface area (Å²) in [4.78, 5) is 0. The first-order valence-electron chi connectivity index (χ1n) is 36.2. The third kappa shape index (κ3) is 11.8. The molecule has 0 radical (unpaired) electrons. The van der Waals surface area contributed by atoms with Gasteiger partial charge in [0.05, 0.1) is 11.2 Å². The molecule has 0 bridgehead atoms. The molecule has 1 saturated heterocycles. The van der Waals surface area contributed by atoms with Crippen molar-refractivity contribution in [2.24, 2.45) is 0 Å². The lowest BCUT2D eigenvalue weighted by Gasteiger charge is -2.32. The SMILES string of the molecule is CC(C)(C)c1cc2ccc3ccc(-c4ccc(-c5ccc6cc(-c7ccc8ccccc8c7)ccc6c5)cc4)c4ccc(c1)c2c34.CC(C)(C)c1cc2ccc3ccc(-c4ccc(B5OC(C)(C)C(C)(C)O5)cc4)c4ccc(c1)c2c34.Cc1ccc2cc(-c3ccc4ccccc4c3)ccc2c1. The van der Waals surface area contributed by atoms with Crippen LogP contribution in [-0.4, -0.2) is 18.3 Å². The third-order valence-electron chi connectivity index (χ3n) is 22.2. The summed E-state index contributed by atoms with van der Waals surface area (Å²) >= 11 is 0. The van der Waals surface area contributed by atoms with E-state index in [1.807, 2.05) is 0 Å². The molecule has 1 fully saturated rings. The van der Waals surface area contributed by atoms with Crippen molar-refractivity contribution < 1.29 is 9.31 Å². The molecule has 0 saturated carbocycles. The van der Waals surface area contributed by atoms with Gasteiger partial charge in [-0.2, -0.15) is 0 Å². The second-order valence-corrected chi connectivity index (χ2v) is 31.6. The molecule has 0 aromatic heterocycles. The highest BCUT2D eigenvalue weighted by atomic mass is 16.7. The third-order valence-corrected chi connectivity index (χ3v) is 22.2. The van der Waals surface area contributed by atoms with E-state index in [2.05, 4.69) is 379 Å². The number of hydrogen-bond acceptors (Lipinski definition) is 2. The summed E-state index contributed by atoms with van der Waals surface area (Å²) in [5.74, 6) is 0. The zero-order valence-corrected chi connectivity index (χ0v) is 60.3. The van der Waals surface area contributed by atoms with Crippen molar-refractivity contribution in [2.75, 3.05) is 0 Å². The van der Waals surface area contributed by atoms with Crippen molar-refractivity contribution in [3.05, 3.63) is 320 Å². The summed E-state index contributed by atoms with van der Waals surface area (Å²) in [5, 5.41) is 26.2. The molecular weight excluding hydrogens is 1230 g/mol. The molecule has 0 spiro atoms. The van der Waals surface area contributed by atoms with Crippen molar-refractivity contribution in [2.45, 2.75) is 98.2 Å². The maximum Gasteiger partial charge on any atom is 0.494 e. The molecule has 0 N–H and O–H groups in total. The Hall–Kier alpha value is -10.9. The van der Waals surface area contributed by atoms with Gasteiger partial charge in [-0.25, -0.2) is 0 Å². The maximum atomic E-state index is 6.25. The minimum atomic E-state index is -0.340. The van der Waals surface area contributed by atoms with Crippen molar-refractivity contribution >= 4 is 120 Å². The van der Waals surface area contributed by atoms with Crippen LogP contribution in [0.1, 0.15) is 85.9 Å². The first-order chi connectivity index (χ1) is 49.1. The van der Waals surface area contributed by atoms with E-state index in [4.69, 9.17) is 9.31 Å². The second-order valence-electron chi connectivity index (χ2n) is 31.6. The van der Waals surface area contributed by atoms with Gasteiger partial charge in [-0.05, 0) is 256 Å². The smallest absolute Gasteiger partial charge is 0.399 e. The van der Waals surface area contributed by atoms with Crippen LogP contribution in [0.15, 0.2) is 303 Å². The van der Waals surface area contributed by atoms with Gasteiger partial charge >= 0.3 is 7.12 Å². The topological polar surface area (TPSA) is 18.5 Å². The van der Waals surface area contributed by atoms with Crippen LogP contribution in [0.25, 0.3) is 163 Å². The van der Waals surface area contributed by atoms with E-state index in [1.165, 1.54) is 180 Å². The Balaban J connectivity index is 0.000000122. The van der Waals surface area contributed by atoms with E-state index in [0.29, 0.717) is 0 Å². The van der Waals surface area contributed by atoms with E-state index < -0.39 is 0 Å². The van der Waals surface area contributed by atoms with E-state index in [0.717, 1.165) is 5.46 Å². The van der Waals surface area contributed by atoms with Crippen LogP contribution in [0.2, 0.25) is 0 Å². The Morgan fingerprint density at radius 2 is 0.529 bits per heavy atom. The van der Waals surface area contributed by atoms with Crippen LogP contribution in [0.3, 0.4) is 0 Å². The lowest BCUT2D eigenvalue weighted by molar-refractivity contribution is 0.00578. The predicted octanol–water partition coefficient (Wildman–Crippen LogP) is 27.0. The van der Waals surface area contributed by atoms with Gasteiger partial charge < -0.3 is 9.31 Å². The molecule has 1 aliphatic heterocycles. The van der Waals surface area contributed by atoms with E-state index in [1.54, 1.807) is 0 Å². The lowest BCUT2D eigenvalue weighted by Crippen LogP contribution is -2.41. The Labute approximate surface area is 599 Å². The van der Waals surface area contributed by atoms with Crippen LogP contribution in [0.5, 0.6) is 0 Å². The van der Waals surface area contributed by atoms with Crippen LogP contribution < -0.4 is 5.46 Å². The highest BCUT2D eigenvalue weighted by Gasteiger charge is 2.51. The number of aryl methyl sites for hydroxylation is 1. The number of rotatable bonds is 6. The van der Waals surface area contributed by atoms with Gasteiger partial charge in [-0.1, -0.05) is 320 Å². The van der Waals surface area contributed by atoms with Crippen LogP contribution >= 0.6 is 0 Å². The molecule has 0 atom stereocenters. The maximum absolute atomic E-state index is 6.25. The van der Waals surface area contributed by atoms with Gasteiger partial charge in [0.1, 0.15) is 0 Å². The minimum Gasteiger partial charge on any atom is -0.399 e. The first kappa shape index (κ1) is 64.4. The first-order valence-corrected chi connectivity index (χ1v) is 36.2. The molecule has 1 aliphatic rings. The molecule has 18 aromatic rings. The summed E-state index contributed by atoms with van der Waals surface area (Å²) in [6, 6.07) is 112. The summed E-state index contributed by atoms with van der Waals surface area (Å²) < 4.78 is 12.5. The summed E-state index contributed by atoms with van der Waals surface area (Å²) in [5.41, 5.74) is 17.2. The minimum absolute atomic E-state index is 0.114. The number of benzene rings is 18. The molecule has 494 valence electrons. The fourth-order valence-electron chi connectivity index (χ4n) is 15.5. The lowest BCUT2D eigenvalue weighted by atomic mass is 9.78. The molecule has 0 unspecified atom stereocenters. The van der Waals surface area contributed by atoms with Gasteiger partial charge in [0.25, 0.3) is 0 Å². The van der Waals surface area contributed by atoms with E-state index >= 15 is 0 Å². The summed E-state index contributed by atoms with van der Waals surface area (Å²) in [6.07, 6.45) is 0. The summed E-state index contributed by atoms with van der Waals surface area (Å²) in [7, 11) is -0.340. The standard InChI is InChI=1S/C46H34.C32H33BO2.C21H16/c1-46(2,3)41-27-39-19-13-32-20-22-42(43-23-21-40(28-41)44(39)45(32)43)31-11-8-30(9-12-31)34-15-16-37-26-38(18-17-36(37)25-34)35-14-10-29-6-4-5-7-33(29)24-35;1-30(2,3)24-18-22-9-8-21-12-16-26(27-17-13-23(19-24)28(22)29(21)27)20-10-14-25(15-11-20)33-34-31(4,5)32(6,7)35-33;1-15-6-7-19-14-21(11-10-18(19)12-15)20-9-8-16-4-2-3-5-17(16)13-20/h4-28H,1-3H3;8-19H,1-7H3;2-14H,1H3. The van der Waals surface area contributed by atoms with Crippen LogP contribution in [-0.2, 0) is 20.1 Å². The largest absolute Gasteiger partial charge is 0.494 e. The number of hydrogen-bond donors (Lipinski definition) is 0. The van der Waals surface area contributed by atoms with Crippen molar-refractivity contribution in [1.82, 2.24) is 0 Å². The molecule has 0 aliphatic carbocycles. The highest BCUT2D eigenvalue weighted by Crippen LogP contribution is 2.45. The molecule has 0 amide bonds.